The summed E-state index contributed by atoms with van der Waals surface area (Å²) in [4.78, 5) is 11.9. The molecule has 1 aromatic carbocycles. The van der Waals surface area contributed by atoms with Crippen LogP contribution in [0, 0.1) is 5.92 Å². The molecule has 8 heteroatoms. The van der Waals surface area contributed by atoms with Crippen LogP contribution in [0.5, 0.6) is 11.5 Å². The van der Waals surface area contributed by atoms with E-state index in [2.05, 4.69) is 5.32 Å². The molecule has 0 radical (unpaired) electrons. The number of carbonyl (C=O) groups excluding carboxylic acids is 1. The maximum atomic E-state index is 12.1. The molecule has 7 nitrogen and oxygen atoms in total. The molecule has 1 fully saturated rings. The number of benzene rings is 1. The van der Waals surface area contributed by atoms with E-state index < -0.39 is 10.0 Å². The predicted octanol–water partition coefficient (Wildman–Crippen LogP) is 1.39. The van der Waals surface area contributed by atoms with E-state index in [1.807, 2.05) is 0 Å². The number of nitrogens with zero attached hydrogens (tertiary/aromatic N) is 1. The molecule has 0 atom stereocenters. The molecule has 1 amide bonds. The van der Waals surface area contributed by atoms with Gasteiger partial charge < -0.3 is 14.8 Å². The van der Waals surface area contributed by atoms with Gasteiger partial charge in [-0.3, -0.25) is 9.10 Å². The van der Waals surface area contributed by atoms with Gasteiger partial charge in [0, 0.05) is 18.5 Å². The van der Waals surface area contributed by atoms with Crippen LogP contribution in [0.2, 0.25) is 0 Å². The predicted molar refractivity (Wildman–Crippen MR) is 92.1 cm³/mol. The lowest BCUT2D eigenvalue weighted by molar-refractivity contribution is -0.127. The minimum Gasteiger partial charge on any atom is -0.493 e. The first-order valence-corrected chi connectivity index (χ1v) is 9.69. The van der Waals surface area contributed by atoms with Crippen LogP contribution in [0.3, 0.4) is 0 Å². The van der Waals surface area contributed by atoms with Gasteiger partial charge in [-0.15, -0.1) is 0 Å². The Morgan fingerprint density at radius 1 is 1.25 bits per heavy atom. The standard InChI is InChI=1S/C16H24N2O5S/c1-22-14-8-7-13(11-15(14)23-2)18(24(3,20)21)10-9-17-16(19)12-5-4-6-12/h7-8,11-12H,4-6,9-10H2,1-3H3,(H,17,19). The lowest BCUT2D eigenvalue weighted by Gasteiger charge is -2.26. The Kier molecular flexibility index (Phi) is 5.93. The molecule has 0 unspecified atom stereocenters. The average Bonchev–Trinajstić information content (AvgIpc) is 2.48. The second-order valence-electron chi connectivity index (χ2n) is 5.79. The van der Waals surface area contributed by atoms with Gasteiger partial charge in [-0.1, -0.05) is 6.42 Å². The fraction of sp³-hybridized carbons (Fsp3) is 0.562. The average molecular weight is 356 g/mol. The van der Waals surface area contributed by atoms with Crippen molar-refractivity contribution in [3.8, 4) is 11.5 Å². The molecule has 0 aromatic heterocycles. The van der Waals surface area contributed by atoms with Crippen molar-refractivity contribution in [3.05, 3.63) is 18.2 Å². The Morgan fingerprint density at radius 3 is 2.42 bits per heavy atom. The summed E-state index contributed by atoms with van der Waals surface area (Å²) in [5.41, 5.74) is 0.466. The highest BCUT2D eigenvalue weighted by Gasteiger charge is 2.25. The van der Waals surface area contributed by atoms with Crippen LogP contribution in [0.25, 0.3) is 0 Å². The molecule has 2 rings (SSSR count). The molecule has 0 spiro atoms. The largest absolute Gasteiger partial charge is 0.493 e. The van der Waals surface area contributed by atoms with E-state index in [9.17, 15) is 13.2 Å². The Labute approximate surface area is 143 Å². The van der Waals surface area contributed by atoms with E-state index in [-0.39, 0.29) is 24.9 Å². The van der Waals surface area contributed by atoms with Gasteiger partial charge in [0.05, 0.1) is 32.7 Å². The number of ether oxygens (including phenoxy) is 2. The van der Waals surface area contributed by atoms with Gasteiger partial charge in [0.1, 0.15) is 0 Å². The molecule has 0 saturated heterocycles. The number of sulfonamides is 1. The number of methoxy groups -OCH3 is 2. The molecule has 1 N–H and O–H groups in total. The van der Waals surface area contributed by atoms with Crippen molar-refractivity contribution in [2.45, 2.75) is 19.3 Å². The summed E-state index contributed by atoms with van der Waals surface area (Å²) < 4.78 is 35.8. The van der Waals surface area contributed by atoms with E-state index in [1.165, 1.54) is 18.5 Å². The van der Waals surface area contributed by atoms with Crippen molar-refractivity contribution in [2.24, 2.45) is 5.92 Å². The maximum Gasteiger partial charge on any atom is 0.232 e. The number of hydrogen-bond donors (Lipinski definition) is 1. The molecule has 1 aliphatic rings. The lowest BCUT2D eigenvalue weighted by atomic mass is 9.85. The van der Waals surface area contributed by atoms with Gasteiger partial charge in [-0.25, -0.2) is 8.42 Å². The second kappa shape index (κ2) is 7.74. The molecule has 0 aliphatic heterocycles. The topological polar surface area (TPSA) is 84.9 Å². The third-order valence-corrected chi connectivity index (χ3v) is 5.34. The summed E-state index contributed by atoms with van der Waals surface area (Å²) in [5.74, 6) is 1.05. The van der Waals surface area contributed by atoms with Crippen molar-refractivity contribution in [3.63, 3.8) is 0 Å². The van der Waals surface area contributed by atoms with Crippen molar-refractivity contribution in [2.75, 3.05) is 37.9 Å². The molecule has 1 aromatic rings. The normalized spacial score (nSPS) is 14.6. The van der Waals surface area contributed by atoms with Crippen molar-refractivity contribution in [1.29, 1.82) is 0 Å². The molecule has 1 aliphatic carbocycles. The summed E-state index contributed by atoms with van der Waals surface area (Å²) in [6.45, 7) is 0.420. The molecular weight excluding hydrogens is 332 g/mol. The first kappa shape index (κ1) is 18.4. The number of hydrogen-bond acceptors (Lipinski definition) is 5. The van der Waals surface area contributed by atoms with E-state index in [0.29, 0.717) is 17.2 Å². The number of rotatable bonds is 8. The Hall–Kier alpha value is -1.96. The van der Waals surface area contributed by atoms with Gasteiger partial charge in [0.25, 0.3) is 0 Å². The van der Waals surface area contributed by atoms with Crippen molar-refractivity contribution >= 4 is 21.6 Å². The number of nitrogens with one attached hydrogen (secondary N) is 1. The second-order valence-corrected chi connectivity index (χ2v) is 7.70. The number of carbonyl (C=O) groups is 1. The highest BCUT2D eigenvalue weighted by molar-refractivity contribution is 7.92. The SMILES string of the molecule is COc1ccc(N(CCNC(=O)C2CCC2)S(C)(=O)=O)cc1OC. The molecule has 1 saturated carbocycles. The van der Waals surface area contributed by atoms with Crippen LogP contribution in [0.4, 0.5) is 5.69 Å². The number of amides is 1. The minimum absolute atomic E-state index is 0.00186. The van der Waals surface area contributed by atoms with Crippen LogP contribution < -0.4 is 19.1 Å². The molecule has 24 heavy (non-hydrogen) atoms. The molecule has 0 bridgehead atoms. The van der Waals surface area contributed by atoms with Crippen LogP contribution in [0.1, 0.15) is 19.3 Å². The Balaban J connectivity index is 2.09. The smallest absolute Gasteiger partial charge is 0.232 e. The fourth-order valence-electron chi connectivity index (χ4n) is 2.56. The van der Waals surface area contributed by atoms with Crippen LogP contribution in [0.15, 0.2) is 18.2 Å². The summed E-state index contributed by atoms with van der Waals surface area (Å²) in [5, 5.41) is 2.81. The first-order valence-electron chi connectivity index (χ1n) is 7.84. The maximum absolute atomic E-state index is 12.1. The van der Waals surface area contributed by atoms with E-state index in [4.69, 9.17) is 9.47 Å². The molecule has 0 heterocycles. The summed E-state index contributed by atoms with van der Waals surface area (Å²) in [7, 11) is -0.480. The Morgan fingerprint density at radius 2 is 1.92 bits per heavy atom. The van der Waals surface area contributed by atoms with Crippen molar-refractivity contribution < 1.29 is 22.7 Å². The number of anilines is 1. The fourth-order valence-corrected chi connectivity index (χ4v) is 3.48. The Bertz CT molecular complexity index is 686. The quantitative estimate of drug-likeness (QED) is 0.761. The molecular formula is C16H24N2O5S. The van der Waals surface area contributed by atoms with Crippen LogP contribution in [-0.2, 0) is 14.8 Å². The highest BCUT2D eigenvalue weighted by atomic mass is 32.2. The summed E-state index contributed by atoms with van der Waals surface area (Å²) >= 11 is 0. The zero-order valence-corrected chi connectivity index (χ0v) is 15.1. The van der Waals surface area contributed by atoms with Gasteiger partial charge >= 0.3 is 0 Å². The monoisotopic (exact) mass is 356 g/mol. The van der Waals surface area contributed by atoms with Crippen LogP contribution >= 0.6 is 0 Å². The summed E-state index contributed by atoms with van der Waals surface area (Å²) in [6, 6.07) is 4.91. The van der Waals surface area contributed by atoms with E-state index in [0.717, 1.165) is 25.5 Å². The summed E-state index contributed by atoms with van der Waals surface area (Å²) in [6.07, 6.45) is 4.05. The van der Waals surface area contributed by atoms with Gasteiger partial charge in [0.15, 0.2) is 11.5 Å². The van der Waals surface area contributed by atoms with Crippen molar-refractivity contribution in [1.82, 2.24) is 5.32 Å². The van der Waals surface area contributed by atoms with Crippen LogP contribution in [-0.4, -0.2) is 47.9 Å². The van der Waals surface area contributed by atoms with E-state index >= 15 is 0 Å². The third-order valence-electron chi connectivity index (χ3n) is 4.15. The minimum atomic E-state index is -3.49. The lowest BCUT2D eigenvalue weighted by Crippen LogP contribution is -2.41. The van der Waals surface area contributed by atoms with Gasteiger partial charge in [-0.05, 0) is 25.0 Å². The van der Waals surface area contributed by atoms with E-state index in [1.54, 1.807) is 18.2 Å². The van der Waals surface area contributed by atoms with Gasteiger partial charge in [-0.2, -0.15) is 0 Å². The highest BCUT2D eigenvalue weighted by Crippen LogP contribution is 2.32. The zero-order valence-electron chi connectivity index (χ0n) is 14.2. The van der Waals surface area contributed by atoms with Gasteiger partial charge in [0.2, 0.25) is 15.9 Å². The zero-order chi connectivity index (χ0) is 17.7. The third kappa shape index (κ3) is 4.31. The molecule has 134 valence electrons. The first-order chi connectivity index (χ1) is 11.4.